The molecular weight excluding hydrogens is 242 g/mol. The van der Waals surface area contributed by atoms with Crippen LogP contribution in [0.3, 0.4) is 0 Å². The molecular formula is C15H23NO3. The van der Waals surface area contributed by atoms with Gasteiger partial charge in [0.15, 0.2) is 0 Å². The first-order chi connectivity index (χ1) is 9.12. The summed E-state index contributed by atoms with van der Waals surface area (Å²) in [6.45, 7) is 4.72. The molecule has 2 atom stereocenters. The molecule has 4 nitrogen and oxygen atoms in total. The number of aryl methyl sites for hydroxylation is 1. The first-order valence-corrected chi connectivity index (χ1v) is 6.69. The maximum absolute atomic E-state index is 11.4. The number of benzene rings is 1. The number of ether oxygens (including phenoxy) is 1. The summed E-state index contributed by atoms with van der Waals surface area (Å²) in [5, 5.41) is 13.5. The summed E-state index contributed by atoms with van der Waals surface area (Å²) in [6.07, 6.45) is 0.404. The van der Waals surface area contributed by atoms with Crippen LogP contribution in [-0.2, 0) is 16.0 Å². The van der Waals surface area contributed by atoms with Gasteiger partial charge >= 0.3 is 5.97 Å². The molecule has 0 fully saturated rings. The molecule has 1 rings (SSSR count). The molecule has 0 aliphatic rings. The molecule has 19 heavy (non-hydrogen) atoms. The van der Waals surface area contributed by atoms with Crippen molar-refractivity contribution >= 4 is 5.97 Å². The molecule has 0 saturated carbocycles. The second-order valence-electron chi connectivity index (χ2n) is 4.48. The average Bonchev–Trinajstić information content (AvgIpc) is 2.46. The molecule has 0 aliphatic carbocycles. The molecule has 0 amide bonds. The summed E-state index contributed by atoms with van der Waals surface area (Å²) in [6, 6.07) is 7.49. The normalized spacial score (nSPS) is 13.9. The molecule has 106 valence electrons. The zero-order valence-electron chi connectivity index (χ0n) is 11.8. The molecule has 0 saturated heterocycles. The predicted octanol–water partition coefficient (Wildman–Crippen LogP) is 1.82. The Bertz CT molecular complexity index is 389. The van der Waals surface area contributed by atoms with Crippen molar-refractivity contribution in [2.24, 2.45) is 0 Å². The van der Waals surface area contributed by atoms with Gasteiger partial charge in [-0.25, -0.2) is 0 Å². The van der Waals surface area contributed by atoms with Crippen LogP contribution >= 0.6 is 0 Å². The monoisotopic (exact) mass is 265 g/mol. The van der Waals surface area contributed by atoms with Crippen LogP contribution < -0.4 is 5.32 Å². The van der Waals surface area contributed by atoms with Crippen molar-refractivity contribution in [2.45, 2.75) is 38.8 Å². The van der Waals surface area contributed by atoms with Crippen LogP contribution in [0.25, 0.3) is 0 Å². The van der Waals surface area contributed by atoms with E-state index in [1.54, 1.807) is 0 Å². The van der Waals surface area contributed by atoms with Gasteiger partial charge in [0, 0.05) is 6.04 Å². The van der Waals surface area contributed by atoms with E-state index in [0.717, 1.165) is 12.0 Å². The van der Waals surface area contributed by atoms with Crippen molar-refractivity contribution in [1.29, 1.82) is 0 Å². The van der Waals surface area contributed by atoms with Crippen molar-refractivity contribution in [3.05, 3.63) is 35.4 Å². The van der Waals surface area contributed by atoms with Gasteiger partial charge in [-0.05, 0) is 24.1 Å². The zero-order valence-corrected chi connectivity index (χ0v) is 11.8. The number of aliphatic hydroxyl groups excluding tert-OH is 1. The fourth-order valence-electron chi connectivity index (χ4n) is 2.00. The summed E-state index contributed by atoms with van der Waals surface area (Å²) < 4.78 is 4.66. The van der Waals surface area contributed by atoms with Gasteiger partial charge < -0.3 is 15.2 Å². The van der Waals surface area contributed by atoms with Gasteiger partial charge in [-0.3, -0.25) is 4.79 Å². The molecule has 0 aliphatic heterocycles. The second kappa shape index (κ2) is 7.92. The maximum Gasteiger partial charge on any atom is 0.307 e. The first-order valence-electron chi connectivity index (χ1n) is 6.69. The lowest BCUT2D eigenvalue weighted by Crippen LogP contribution is -2.37. The topological polar surface area (TPSA) is 58.6 Å². The Hall–Kier alpha value is -1.39. The molecule has 0 bridgehead atoms. The number of carbonyl (C=O) groups excluding carboxylic acids is 1. The van der Waals surface area contributed by atoms with E-state index >= 15 is 0 Å². The minimum absolute atomic E-state index is 0.154. The van der Waals surface area contributed by atoms with Crippen LogP contribution in [0.15, 0.2) is 24.3 Å². The summed E-state index contributed by atoms with van der Waals surface area (Å²) >= 11 is 0. The third-order valence-electron chi connectivity index (χ3n) is 3.19. The summed E-state index contributed by atoms with van der Waals surface area (Å²) in [5.74, 6) is -0.324. The number of nitrogens with one attached hydrogen (secondary N) is 1. The van der Waals surface area contributed by atoms with Gasteiger partial charge in [0.1, 0.15) is 0 Å². The smallest absolute Gasteiger partial charge is 0.307 e. The average molecular weight is 265 g/mol. The van der Waals surface area contributed by atoms with Crippen molar-refractivity contribution < 1.29 is 14.6 Å². The molecule has 0 heterocycles. The number of rotatable bonds is 7. The van der Waals surface area contributed by atoms with E-state index in [2.05, 4.69) is 17.0 Å². The van der Waals surface area contributed by atoms with Crippen molar-refractivity contribution in [1.82, 2.24) is 5.32 Å². The van der Waals surface area contributed by atoms with E-state index in [-0.39, 0.29) is 18.4 Å². The van der Waals surface area contributed by atoms with Crippen molar-refractivity contribution in [2.75, 3.05) is 13.7 Å². The van der Waals surface area contributed by atoms with Gasteiger partial charge in [0.05, 0.1) is 19.6 Å². The van der Waals surface area contributed by atoms with E-state index in [0.29, 0.717) is 6.54 Å². The molecule has 0 spiro atoms. The van der Waals surface area contributed by atoms with Crippen LogP contribution in [0.5, 0.6) is 0 Å². The highest BCUT2D eigenvalue weighted by Crippen LogP contribution is 2.20. The standard InChI is InChI=1S/C15H23NO3/c1-4-11-6-8-12(9-7-11)15(18)13(16-5-2)10-14(17)19-3/h6-9,13,15-16,18H,4-5,10H2,1-3H3. The van der Waals surface area contributed by atoms with Gasteiger partial charge in [0.2, 0.25) is 0 Å². The zero-order chi connectivity index (χ0) is 14.3. The van der Waals surface area contributed by atoms with Gasteiger partial charge in [0.25, 0.3) is 0 Å². The minimum atomic E-state index is -0.718. The van der Waals surface area contributed by atoms with Gasteiger partial charge in [-0.15, -0.1) is 0 Å². The summed E-state index contributed by atoms with van der Waals surface area (Å²) in [5.41, 5.74) is 2.04. The molecule has 0 radical (unpaired) electrons. The Morgan fingerprint density at radius 2 is 1.95 bits per heavy atom. The lowest BCUT2D eigenvalue weighted by atomic mass is 9.98. The van der Waals surface area contributed by atoms with Gasteiger partial charge in [-0.2, -0.15) is 0 Å². The number of hydrogen-bond donors (Lipinski definition) is 2. The van der Waals surface area contributed by atoms with Crippen LogP contribution in [0, 0.1) is 0 Å². The van der Waals surface area contributed by atoms with E-state index in [4.69, 9.17) is 0 Å². The van der Waals surface area contributed by atoms with E-state index in [1.807, 2.05) is 31.2 Å². The molecule has 0 aromatic heterocycles. The third-order valence-corrected chi connectivity index (χ3v) is 3.19. The number of carbonyl (C=O) groups is 1. The lowest BCUT2D eigenvalue weighted by Gasteiger charge is -2.23. The number of hydrogen-bond acceptors (Lipinski definition) is 4. The number of aliphatic hydroxyl groups is 1. The maximum atomic E-state index is 11.4. The highest BCUT2D eigenvalue weighted by Gasteiger charge is 2.23. The highest BCUT2D eigenvalue weighted by atomic mass is 16.5. The number of methoxy groups -OCH3 is 1. The molecule has 2 N–H and O–H groups in total. The fourth-order valence-corrected chi connectivity index (χ4v) is 2.00. The lowest BCUT2D eigenvalue weighted by molar-refractivity contribution is -0.142. The van der Waals surface area contributed by atoms with Gasteiger partial charge in [-0.1, -0.05) is 38.1 Å². The summed E-state index contributed by atoms with van der Waals surface area (Å²) in [7, 11) is 1.35. The Balaban J connectivity index is 2.78. The largest absolute Gasteiger partial charge is 0.469 e. The SMILES string of the molecule is CCNC(CC(=O)OC)C(O)c1ccc(CC)cc1. The fraction of sp³-hybridized carbons (Fsp3) is 0.533. The van der Waals surface area contributed by atoms with Crippen LogP contribution in [0.2, 0.25) is 0 Å². The van der Waals surface area contributed by atoms with Crippen molar-refractivity contribution in [3.8, 4) is 0 Å². The minimum Gasteiger partial charge on any atom is -0.469 e. The quantitative estimate of drug-likeness (QED) is 0.738. The van der Waals surface area contributed by atoms with Crippen LogP contribution in [0.1, 0.15) is 37.5 Å². The number of esters is 1. The highest BCUT2D eigenvalue weighted by molar-refractivity contribution is 5.70. The van der Waals surface area contributed by atoms with Crippen LogP contribution in [0.4, 0.5) is 0 Å². The number of likely N-dealkylation sites (N-methyl/N-ethyl adjacent to an activating group) is 1. The molecule has 2 unspecified atom stereocenters. The van der Waals surface area contributed by atoms with Crippen molar-refractivity contribution in [3.63, 3.8) is 0 Å². The predicted molar refractivity (Wildman–Crippen MR) is 74.9 cm³/mol. The van der Waals surface area contributed by atoms with E-state index in [1.165, 1.54) is 12.7 Å². The Morgan fingerprint density at radius 1 is 1.32 bits per heavy atom. The Kier molecular flexibility index (Phi) is 6.53. The molecule has 1 aromatic rings. The molecule has 1 aromatic carbocycles. The summed E-state index contributed by atoms with van der Waals surface area (Å²) in [4.78, 5) is 11.4. The Labute approximate surface area is 114 Å². The second-order valence-corrected chi connectivity index (χ2v) is 4.48. The third kappa shape index (κ3) is 4.65. The molecule has 4 heteroatoms. The Morgan fingerprint density at radius 3 is 2.42 bits per heavy atom. The van der Waals surface area contributed by atoms with E-state index in [9.17, 15) is 9.90 Å². The van der Waals surface area contributed by atoms with E-state index < -0.39 is 6.10 Å². The van der Waals surface area contributed by atoms with Crippen LogP contribution in [-0.4, -0.2) is 30.8 Å². The first kappa shape index (κ1) is 15.7.